The molecule has 0 aliphatic rings. The van der Waals surface area contributed by atoms with E-state index in [0.717, 1.165) is 0 Å². The molecule has 2 N–H and O–H groups in total. The number of nitrogens with one attached hydrogen (secondary N) is 1. The molecule has 7 heteroatoms. The topological polar surface area (TPSA) is 95.4 Å². The predicted octanol–water partition coefficient (Wildman–Crippen LogP) is 1.62. The number of carboxylic acids is 1. The number of nitrogens with zero attached hydrogens (tertiary/aromatic N) is 3. The standard InChI is InChI=1S/C14H14N4O3/c1-18(2)13(19)11-6-7-12(17-16-11)15-10-5-3-4-9(8-10)14(20)21/h3-8H,1-2H3,(H,15,17)(H,20,21). The summed E-state index contributed by atoms with van der Waals surface area (Å²) in [6.07, 6.45) is 0. The van der Waals surface area contributed by atoms with Crippen molar-refractivity contribution in [1.29, 1.82) is 0 Å². The maximum Gasteiger partial charge on any atom is 0.335 e. The van der Waals surface area contributed by atoms with Crippen LogP contribution in [0.5, 0.6) is 0 Å². The highest BCUT2D eigenvalue weighted by Gasteiger charge is 2.10. The summed E-state index contributed by atoms with van der Waals surface area (Å²) in [4.78, 5) is 24.0. The average Bonchev–Trinajstić information content (AvgIpc) is 2.47. The largest absolute Gasteiger partial charge is 0.478 e. The van der Waals surface area contributed by atoms with E-state index in [1.54, 1.807) is 38.4 Å². The Bertz CT molecular complexity index is 668. The van der Waals surface area contributed by atoms with Gasteiger partial charge in [-0.05, 0) is 30.3 Å². The molecule has 0 aliphatic heterocycles. The van der Waals surface area contributed by atoms with Gasteiger partial charge in [-0.3, -0.25) is 4.79 Å². The SMILES string of the molecule is CN(C)C(=O)c1ccc(Nc2cccc(C(=O)O)c2)nn1. The van der Waals surface area contributed by atoms with Gasteiger partial charge in [-0.25, -0.2) is 4.79 Å². The lowest BCUT2D eigenvalue weighted by Crippen LogP contribution is -2.23. The molecule has 0 atom stereocenters. The summed E-state index contributed by atoms with van der Waals surface area (Å²) < 4.78 is 0. The van der Waals surface area contributed by atoms with E-state index in [0.29, 0.717) is 11.5 Å². The number of aromatic carboxylic acids is 1. The number of hydrogen-bond acceptors (Lipinski definition) is 5. The molecule has 0 fully saturated rings. The Morgan fingerprint density at radius 3 is 2.48 bits per heavy atom. The molecule has 1 heterocycles. The molecule has 0 radical (unpaired) electrons. The van der Waals surface area contributed by atoms with E-state index in [9.17, 15) is 9.59 Å². The molecule has 1 amide bonds. The molecule has 0 bridgehead atoms. The number of amides is 1. The Balaban J connectivity index is 2.15. The number of rotatable bonds is 4. The van der Waals surface area contributed by atoms with Gasteiger partial charge in [-0.2, -0.15) is 0 Å². The monoisotopic (exact) mass is 286 g/mol. The second-order valence-electron chi connectivity index (χ2n) is 4.51. The first kappa shape index (κ1) is 14.4. The van der Waals surface area contributed by atoms with E-state index in [1.165, 1.54) is 17.0 Å². The molecule has 1 aromatic carbocycles. The summed E-state index contributed by atoms with van der Waals surface area (Å²) in [5, 5.41) is 19.6. The molecule has 7 nitrogen and oxygen atoms in total. The molecule has 108 valence electrons. The van der Waals surface area contributed by atoms with Crippen LogP contribution in [0.2, 0.25) is 0 Å². The third-order valence-corrected chi connectivity index (χ3v) is 2.67. The van der Waals surface area contributed by atoms with Gasteiger partial charge in [0.2, 0.25) is 0 Å². The molecular weight excluding hydrogens is 272 g/mol. The van der Waals surface area contributed by atoms with Crippen LogP contribution < -0.4 is 5.32 Å². The van der Waals surface area contributed by atoms with Gasteiger partial charge in [-0.15, -0.1) is 10.2 Å². The van der Waals surface area contributed by atoms with E-state index in [1.807, 2.05) is 0 Å². The highest BCUT2D eigenvalue weighted by Crippen LogP contribution is 2.15. The molecular formula is C14H14N4O3. The maximum absolute atomic E-state index is 11.7. The van der Waals surface area contributed by atoms with Crippen molar-refractivity contribution in [2.75, 3.05) is 19.4 Å². The number of carboxylic acid groups (broad SMARTS) is 1. The zero-order valence-electron chi connectivity index (χ0n) is 11.6. The highest BCUT2D eigenvalue weighted by molar-refractivity contribution is 5.92. The number of carbonyl (C=O) groups excluding carboxylic acids is 1. The molecule has 21 heavy (non-hydrogen) atoms. The Morgan fingerprint density at radius 2 is 1.90 bits per heavy atom. The number of hydrogen-bond donors (Lipinski definition) is 2. The van der Waals surface area contributed by atoms with Crippen LogP contribution in [0.3, 0.4) is 0 Å². The minimum Gasteiger partial charge on any atom is -0.478 e. The first-order valence-electron chi connectivity index (χ1n) is 6.13. The third-order valence-electron chi connectivity index (χ3n) is 2.67. The van der Waals surface area contributed by atoms with Crippen molar-refractivity contribution in [3.8, 4) is 0 Å². The number of benzene rings is 1. The second-order valence-corrected chi connectivity index (χ2v) is 4.51. The normalized spacial score (nSPS) is 10.0. The second kappa shape index (κ2) is 6.00. The van der Waals surface area contributed by atoms with Crippen LogP contribution in [-0.4, -0.2) is 46.2 Å². The van der Waals surface area contributed by atoms with Crippen molar-refractivity contribution in [3.05, 3.63) is 47.7 Å². The van der Waals surface area contributed by atoms with Crippen molar-refractivity contribution < 1.29 is 14.7 Å². The lowest BCUT2D eigenvalue weighted by Gasteiger charge is -2.09. The van der Waals surface area contributed by atoms with Crippen LogP contribution in [0.25, 0.3) is 0 Å². The smallest absolute Gasteiger partial charge is 0.335 e. The minimum atomic E-state index is -1.00. The fraction of sp³-hybridized carbons (Fsp3) is 0.143. The summed E-state index contributed by atoms with van der Waals surface area (Å²) >= 11 is 0. The third kappa shape index (κ3) is 3.53. The molecule has 0 unspecified atom stereocenters. The number of anilines is 2. The number of carbonyl (C=O) groups is 2. The number of aromatic nitrogens is 2. The van der Waals surface area contributed by atoms with Gasteiger partial charge in [0.05, 0.1) is 5.56 Å². The Morgan fingerprint density at radius 1 is 1.14 bits per heavy atom. The first-order valence-corrected chi connectivity index (χ1v) is 6.13. The zero-order valence-corrected chi connectivity index (χ0v) is 11.6. The first-order chi connectivity index (χ1) is 9.97. The van der Waals surface area contributed by atoms with E-state index >= 15 is 0 Å². The van der Waals surface area contributed by atoms with Gasteiger partial charge in [-0.1, -0.05) is 6.07 Å². The van der Waals surface area contributed by atoms with Crippen LogP contribution in [0.4, 0.5) is 11.5 Å². The molecule has 0 saturated carbocycles. The van der Waals surface area contributed by atoms with Crippen molar-refractivity contribution in [2.24, 2.45) is 0 Å². The molecule has 0 spiro atoms. The van der Waals surface area contributed by atoms with Crippen molar-refractivity contribution in [3.63, 3.8) is 0 Å². The van der Waals surface area contributed by atoms with Crippen LogP contribution in [-0.2, 0) is 0 Å². The highest BCUT2D eigenvalue weighted by atomic mass is 16.4. The van der Waals surface area contributed by atoms with Crippen molar-refractivity contribution >= 4 is 23.4 Å². The fourth-order valence-electron chi connectivity index (χ4n) is 1.62. The van der Waals surface area contributed by atoms with Crippen LogP contribution in [0, 0.1) is 0 Å². The quantitative estimate of drug-likeness (QED) is 0.886. The summed E-state index contributed by atoms with van der Waals surface area (Å²) in [6.45, 7) is 0. The van der Waals surface area contributed by atoms with Crippen molar-refractivity contribution in [2.45, 2.75) is 0 Å². The molecule has 0 saturated heterocycles. The lowest BCUT2D eigenvalue weighted by atomic mass is 10.2. The predicted molar refractivity (Wildman–Crippen MR) is 76.7 cm³/mol. The van der Waals surface area contributed by atoms with Crippen molar-refractivity contribution in [1.82, 2.24) is 15.1 Å². The average molecular weight is 286 g/mol. The molecule has 0 aliphatic carbocycles. The Hall–Kier alpha value is -2.96. The van der Waals surface area contributed by atoms with Crippen LogP contribution in [0.15, 0.2) is 36.4 Å². The minimum absolute atomic E-state index is 0.173. The Kier molecular flexibility index (Phi) is 4.13. The Labute approximate surface area is 121 Å². The van der Waals surface area contributed by atoms with Gasteiger partial charge < -0.3 is 15.3 Å². The zero-order chi connectivity index (χ0) is 15.4. The van der Waals surface area contributed by atoms with Gasteiger partial charge in [0.1, 0.15) is 0 Å². The van der Waals surface area contributed by atoms with E-state index in [2.05, 4.69) is 15.5 Å². The van der Waals surface area contributed by atoms with E-state index in [-0.39, 0.29) is 17.2 Å². The summed E-state index contributed by atoms with van der Waals surface area (Å²) in [5.74, 6) is -0.813. The van der Waals surface area contributed by atoms with Gasteiger partial charge >= 0.3 is 5.97 Å². The molecule has 2 aromatic rings. The van der Waals surface area contributed by atoms with Gasteiger partial charge in [0.15, 0.2) is 11.5 Å². The van der Waals surface area contributed by atoms with E-state index < -0.39 is 5.97 Å². The molecule has 1 aromatic heterocycles. The summed E-state index contributed by atoms with van der Waals surface area (Å²) in [6, 6.07) is 9.49. The van der Waals surface area contributed by atoms with Crippen LogP contribution in [0.1, 0.15) is 20.8 Å². The summed E-state index contributed by atoms with van der Waals surface area (Å²) in [5.41, 5.74) is 0.994. The maximum atomic E-state index is 11.7. The van der Waals surface area contributed by atoms with Gasteiger partial charge in [0, 0.05) is 19.8 Å². The summed E-state index contributed by atoms with van der Waals surface area (Å²) in [7, 11) is 3.27. The van der Waals surface area contributed by atoms with Crippen LogP contribution >= 0.6 is 0 Å². The van der Waals surface area contributed by atoms with Gasteiger partial charge in [0.25, 0.3) is 5.91 Å². The van der Waals surface area contributed by atoms with E-state index in [4.69, 9.17) is 5.11 Å². The molecule has 2 rings (SSSR count). The fourth-order valence-corrected chi connectivity index (χ4v) is 1.62. The lowest BCUT2D eigenvalue weighted by molar-refractivity contribution is 0.0696.